The van der Waals surface area contributed by atoms with E-state index >= 15 is 0 Å². The zero-order valence-electron chi connectivity index (χ0n) is 25.3. The zero-order valence-corrected chi connectivity index (χ0v) is 25.3. The summed E-state index contributed by atoms with van der Waals surface area (Å²) in [5.74, 6) is -2.08. The van der Waals surface area contributed by atoms with Crippen LogP contribution in [0.25, 0.3) is 20.9 Å². The smallest absolute Gasteiger partial charge is 0.266 e. The lowest BCUT2D eigenvalue weighted by atomic mass is 9.81. The lowest BCUT2D eigenvalue weighted by molar-refractivity contribution is -0.130. The van der Waals surface area contributed by atoms with Crippen LogP contribution >= 0.6 is 0 Å². The Morgan fingerprint density at radius 2 is 1.67 bits per heavy atom. The van der Waals surface area contributed by atoms with Gasteiger partial charge in [-0.15, -0.1) is 0 Å². The molecule has 0 fully saturated rings. The third-order valence-electron chi connectivity index (χ3n) is 7.48. The van der Waals surface area contributed by atoms with Gasteiger partial charge in [-0.05, 0) is 58.6 Å². The Balaban J connectivity index is 1.60. The molecule has 1 heterocycles. The monoisotopic (exact) mass is 653 g/mol. The number of benzene rings is 4. The molecule has 0 spiro atoms. The summed E-state index contributed by atoms with van der Waals surface area (Å²) in [5, 5.41) is 16.7. The van der Waals surface area contributed by atoms with Crippen LogP contribution < -0.4 is 15.6 Å². The van der Waals surface area contributed by atoms with E-state index in [-0.39, 0.29) is 36.8 Å². The van der Waals surface area contributed by atoms with Crippen LogP contribution in [0.3, 0.4) is 0 Å². The topological polar surface area (TPSA) is 190 Å². The summed E-state index contributed by atoms with van der Waals surface area (Å²) in [7, 11) is 0. The molecule has 0 saturated carbocycles. The second-order valence-corrected chi connectivity index (χ2v) is 10.6. The van der Waals surface area contributed by atoms with Crippen molar-refractivity contribution in [2.75, 3.05) is 13.2 Å². The molecule has 2 atom stereocenters. The Bertz CT molecular complexity index is 1910. The Morgan fingerprint density at radius 3 is 2.40 bits per heavy atom. The summed E-state index contributed by atoms with van der Waals surface area (Å²) in [6.45, 7) is 0.241. The first kappa shape index (κ1) is 33.4. The fourth-order valence-corrected chi connectivity index (χ4v) is 5.19. The van der Waals surface area contributed by atoms with Crippen LogP contribution in [0.1, 0.15) is 34.8 Å². The summed E-state index contributed by atoms with van der Waals surface area (Å²) in [6.07, 6.45) is -0.843. The maximum Gasteiger partial charge on any atom is 0.266 e. The van der Waals surface area contributed by atoms with Crippen LogP contribution in [0.4, 0.5) is 20.2 Å². The Kier molecular flexibility index (Phi) is 10.8. The van der Waals surface area contributed by atoms with E-state index in [0.717, 1.165) is 12.1 Å². The number of rotatable bonds is 14. The number of hydrogen-bond donors (Lipinski definition) is 3. The minimum atomic E-state index is -1.80. The van der Waals surface area contributed by atoms with E-state index < -0.39 is 29.2 Å². The van der Waals surface area contributed by atoms with Crippen LogP contribution in [0, 0.1) is 11.6 Å². The highest BCUT2D eigenvalue weighted by Crippen LogP contribution is 2.46. The van der Waals surface area contributed by atoms with Gasteiger partial charge in [0, 0.05) is 58.3 Å². The standard InChI is InChI=1S/C33H29F2N9O4/c34-26-15-10-21(18-27(26)35)20-38-42-32(46)33(19-23-6-1-3-8-28(23)40-43-36)30(25-7-2-4-9-29(25)41-44-37)48-31(39-33)22-11-13-24(14-12-22)47-17-5-16-45/h1-4,6-15,18,30,38,45H,5,16-17,19-20H2,(H,42,46)/t30-,33-/m0/s1. The highest BCUT2D eigenvalue weighted by molar-refractivity contribution is 6.01. The first-order valence-electron chi connectivity index (χ1n) is 14.7. The second-order valence-electron chi connectivity index (χ2n) is 10.6. The van der Waals surface area contributed by atoms with Gasteiger partial charge in [-0.25, -0.2) is 19.2 Å². The largest absolute Gasteiger partial charge is 0.494 e. The molecule has 13 nitrogen and oxygen atoms in total. The van der Waals surface area contributed by atoms with Gasteiger partial charge in [-0.1, -0.05) is 64.8 Å². The molecule has 3 N–H and O–H groups in total. The number of ether oxygens (including phenoxy) is 2. The van der Waals surface area contributed by atoms with Crippen LogP contribution in [-0.2, 0) is 22.5 Å². The molecular weight excluding hydrogens is 624 g/mol. The van der Waals surface area contributed by atoms with Gasteiger partial charge in [0.1, 0.15) is 5.75 Å². The molecule has 0 saturated heterocycles. The molecule has 0 aromatic heterocycles. The number of aliphatic imine (C=N–C) groups is 1. The third-order valence-corrected chi connectivity index (χ3v) is 7.48. The summed E-state index contributed by atoms with van der Waals surface area (Å²) < 4.78 is 39.5. The van der Waals surface area contributed by atoms with Crippen LogP contribution in [0.2, 0.25) is 0 Å². The van der Waals surface area contributed by atoms with Gasteiger partial charge in [0.05, 0.1) is 6.61 Å². The van der Waals surface area contributed by atoms with Gasteiger partial charge >= 0.3 is 0 Å². The molecule has 4 aromatic carbocycles. The first-order chi connectivity index (χ1) is 23.4. The molecule has 0 bridgehead atoms. The van der Waals surface area contributed by atoms with Gasteiger partial charge in [0.25, 0.3) is 5.91 Å². The predicted molar refractivity (Wildman–Crippen MR) is 172 cm³/mol. The van der Waals surface area contributed by atoms with Crippen molar-refractivity contribution in [1.82, 2.24) is 10.9 Å². The molecule has 48 heavy (non-hydrogen) atoms. The SMILES string of the molecule is [N-]=[N+]=Nc1ccccc1C[C@]1(C(=O)NNCc2ccc(F)c(F)c2)N=C(c2ccc(OCCCO)cc2)O[C@H]1c1ccccc1N=[N+]=[N-]. The number of carbonyl (C=O) groups excluding carboxylic acids is 1. The van der Waals surface area contributed by atoms with Crippen molar-refractivity contribution in [3.63, 3.8) is 0 Å². The Labute approximate surface area is 273 Å². The highest BCUT2D eigenvalue weighted by Gasteiger charge is 2.54. The number of nitrogens with one attached hydrogen (secondary N) is 2. The minimum Gasteiger partial charge on any atom is -0.494 e. The second kappa shape index (κ2) is 15.5. The molecule has 1 aliphatic heterocycles. The predicted octanol–water partition coefficient (Wildman–Crippen LogP) is 6.93. The van der Waals surface area contributed by atoms with Crippen LogP contribution in [0.5, 0.6) is 5.75 Å². The van der Waals surface area contributed by atoms with Gasteiger partial charge in [-0.3, -0.25) is 10.2 Å². The number of aliphatic hydroxyl groups excluding tert-OH is 1. The van der Waals surface area contributed by atoms with Gasteiger partial charge in [0.15, 0.2) is 23.3 Å². The summed E-state index contributed by atoms with van der Waals surface area (Å²) >= 11 is 0. The van der Waals surface area contributed by atoms with E-state index in [1.165, 1.54) is 6.07 Å². The first-order valence-corrected chi connectivity index (χ1v) is 14.7. The molecule has 244 valence electrons. The summed E-state index contributed by atoms with van der Waals surface area (Å²) in [6, 6.07) is 23.4. The highest BCUT2D eigenvalue weighted by atomic mass is 19.2. The lowest BCUT2D eigenvalue weighted by Gasteiger charge is -2.31. The number of nitrogens with zero attached hydrogens (tertiary/aromatic N) is 7. The van der Waals surface area contributed by atoms with Crippen molar-refractivity contribution in [1.29, 1.82) is 0 Å². The van der Waals surface area contributed by atoms with Gasteiger partial charge in [-0.2, -0.15) is 0 Å². The fraction of sp³-hybridized carbons (Fsp3) is 0.212. The van der Waals surface area contributed by atoms with Crippen molar-refractivity contribution in [2.24, 2.45) is 15.2 Å². The van der Waals surface area contributed by atoms with Crippen molar-refractivity contribution >= 4 is 23.2 Å². The number of azide groups is 2. The number of hydrazine groups is 1. The number of halogens is 2. The lowest BCUT2D eigenvalue weighted by Crippen LogP contribution is -2.53. The number of carbonyl (C=O) groups is 1. The molecule has 0 unspecified atom stereocenters. The molecule has 1 aliphatic rings. The molecular formula is C33H29F2N9O4. The molecule has 15 heteroatoms. The molecule has 1 amide bonds. The van der Waals surface area contributed by atoms with E-state index in [1.54, 1.807) is 72.8 Å². The Morgan fingerprint density at radius 1 is 0.958 bits per heavy atom. The zero-order chi connectivity index (χ0) is 33.9. The minimum absolute atomic E-state index is 0.00988. The molecule has 0 radical (unpaired) electrons. The van der Waals surface area contributed by atoms with Crippen molar-refractivity contribution < 1.29 is 28.2 Å². The van der Waals surface area contributed by atoms with Gasteiger partial charge in [0.2, 0.25) is 5.90 Å². The van der Waals surface area contributed by atoms with E-state index in [2.05, 4.69) is 30.9 Å². The summed E-state index contributed by atoms with van der Waals surface area (Å²) in [4.78, 5) is 25.2. The third kappa shape index (κ3) is 7.52. The molecule has 5 rings (SSSR count). The van der Waals surface area contributed by atoms with E-state index in [9.17, 15) is 24.6 Å². The number of hydrogen-bond acceptors (Lipinski definition) is 8. The van der Waals surface area contributed by atoms with Crippen molar-refractivity contribution in [3.05, 3.63) is 146 Å². The van der Waals surface area contributed by atoms with Crippen LogP contribution in [0.15, 0.2) is 106 Å². The molecule has 0 aliphatic carbocycles. The maximum absolute atomic E-state index is 14.4. The van der Waals surface area contributed by atoms with E-state index in [1.807, 2.05) is 0 Å². The number of aliphatic hydroxyl groups is 1. The normalized spacial score (nSPS) is 16.6. The van der Waals surface area contributed by atoms with E-state index in [0.29, 0.717) is 41.0 Å². The quantitative estimate of drug-likeness (QED) is 0.0436. The Hall–Kier alpha value is -5.98. The van der Waals surface area contributed by atoms with Gasteiger partial charge < -0.3 is 14.6 Å². The average Bonchev–Trinajstić information content (AvgIpc) is 3.48. The van der Waals surface area contributed by atoms with Crippen molar-refractivity contribution in [2.45, 2.75) is 31.0 Å². The number of amides is 1. The van der Waals surface area contributed by atoms with Crippen molar-refractivity contribution in [3.8, 4) is 5.75 Å². The van der Waals surface area contributed by atoms with E-state index in [4.69, 9.17) is 19.6 Å². The fourth-order valence-electron chi connectivity index (χ4n) is 5.19. The average molecular weight is 654 g/mol. The van der Waals surface area contributed by atoms with Crippen LogP contribution in [-0.4, -0.2) is 35.7 Å². The maximum atomic E-state index is 14.4. The summed E-state index contributed by atoms with van der Waals surface area (Å²) in [5.41, 5.74) is 24.3. The molecule has 4 aromatic rings.